The topological polar surface area (TPSA) is 21.3 Å². The van der Waals surface area contributed by atoms with Gasteiger partial charge in [-0.1, -0.05) is 12.1 Å². The first kappa shape index (κ1) is 15.5. The van der Waals surface area contributed by atoms with E-state index in [4.69, 9.17) is 4.74 Å². The minimum absolute atomic E-state index is 0.126. The molecule has 1 aromatic rings. The SMILES string of the molecule is CCOCCCCNCCSc1ccccc1F. The van der Waals surface area contributed by atoms with Crippen molar-refractivity contribution in [2.45, 2.75) is 24.7 Å². The van der Waals surface area contributed by atoms with Gasteiger partial charge in [-0.2, -0.15) is 0 Å². The molecule has 0 aliphatic heterocycles. The third-order valence-corrected chi connectivity index (χ3v) is 3.52. The summed E-state index contributed by atoms with van der Waals surface area (Å²) in [5.74, 6) is 0.770. The second kappa shape index (κ2) is 10.4. The Hall–Kier alpha value is -0.580. The Morgan fingerprint density at radius 1 is 1.22 bits per heavy atom. The zero-order chi connectivity index (χ0) is 13.1. The number of rotatable bonds is 10. The number of unbranched alkanes of at least 4 members (excludes halogenated alkanes) is 1. The van der Waals surface area contributed by atoms with Gasteiger partial charge in [0, 0.05) is 30.4 Å². The smallest absolute Gasteiger partial charge is 0.136 e. The number of thioether (sulfide) groups is 1. The lowest BCUT2D eigenvalue weighted by molar-refractivity contribution is 0.143. The van der Waals surface area contributed by atoms with Gasteiger partial charge >= 0.3 is 0 Å². The van der Waals surface area contributed by atoms with Crippen LogP contribution in [0, 0.1) is 5.82 Å². The highest BCUT2D eigenvalue weighted by atomic mass is 32.2. The summed E-state index contributed by atoms with van der Waals surface area (Å²) in [7, 11) is 0. The van der Waals surface area contributed by atoms with Gasteiger partial charge in [-0.05, 0) is 38.4 Å². The number of ether oxygens (including phenoxy) is 1. The fourth-order valence-corrected chi connectivity index (χ4v) is 2.37. The minimum Gasteiger partial charge on any atom is -0.382 e. The molecular formula is C14H22FNOS. The number of hydrogen-bond acceptors (Lipinski definition) is 3. The Bertz CT molecular complexity index is 322. The number of benzene rings is 1. The van der Waals surface area contributed by atoms with E-state index >= 15 is 0 Å². The van der Waals surface area contributed by atoms with Crippen molar-refractivity contribution in [3.63, 3.8) is 0 Å². The molecule has 1 aromatic carbocycles. The fourth-order valence-electron chi connectivity index (χ4n) is 1.52. The molecule has 1 rings (SSSR count). The number of halogens is 1. The molecule has 2 nitrogen and oxygen atoms in total. The van der Waals surface area contributed by atoms with E-state index in [0.29, 0.717) is 0 Å². The van der Waals surface area contributed by atoms with Gasteiger partial charge in [0.1, 0.15) is 5.82 Å². The maximum atomic E-state index is 13.3. The lowest BCUT2D eigenvalue weighted by atomic mass is 10.3. The summed E-state index contributed by atoms with van der Waals surface area (Å²) in [4.78, 5) is 0.732. The number of nitrogens with one attached hydrogen (secondary N) is 1. The third-order valence-electron chi connectivity index (χ3n) is 2.47. The van der Waals surface area contributed by atoms with Crippen LogP contribution >= 0.6 is 11.8 Å². The number of hydrogen-bond donors (Lipinski definition) is 1. The van der Waals surface area contributed by atoms with Crippen LogP contribution in [-0.2, 0) is 4.74 Å². The molecule has 18 heavy (non-hydrogen) atoms. The van der Waals surface area contributed by atoms with E-state index in [-0.39, 0.29) is 5.82 Å². The van der Waals surface area contributed by atoms with Crippen molar-refractivity contribution in [3.8, 4) is 0 Å². The van der Waals surface area contributed by atoms with E-state index < -0.39 is 0 Å². The second-order valence-electron chi connectivity index (χ2n) is 3.93. The van der Waals surface area contributed by atoms with Crippen molar-refractivity contribution < 1.29 is 9.13 Å². The highest BCUT2D eigenvalue weighted by Crippen LogP contribution is 2.20. The van der Waals surface area contributed by atoms with Gasteiger partial charge in [-0.3, -0.25) is 0 Å². The van der Waals surface area contributed by atoms with E-state index in [1.54, 1.807) is 17.8 Å². The molecule has 0 aromatic heterocycles. The molecule has 0 saturated carbocycles. The van der Waals surface area contributed by atoms with Gasteiger partial charge in [0.15, 0.2) is 0 Å². The monoisotopic (exact) mass is 271 g/mol. The predicted octanol–water partition coefficient (Wildman–Crippen LogP) is 3.32. The molecule has 0 spiro atoms. The highest BCUT2D eigenvalue weighted by Gasteiger charge is 1.99. The summed E-state index contributed by atoms with van der Waals surface area (Å²) in [6.45, 7) is 5.57. The summed E-state index contributed by atoms with van der Waals surface area (Å²) < 4.78 is 18.5. The van der Waals surface area contributed by atoms with E-state index in [9.17, 15) is 4.39 Å². The van der Waals surface area contributed by atoms with Gasteiger partial charge in [0.05, 0.1) is 0 Å². The Labute approximate surface area is 113 Å². The van der Waals surface area contributed by atoms with E-state index in [0.717, 1.165) is 49.8 Å². The van der Waals surface area contributed by atoms with Gasteiger partial charge in [-0.15, -0.1) is 11.8 Å². The minimum atomic E-state index is -0.126. The van der Waals surface area contributed by atoms with Gasteiger partial charge in [0.2, 0.25) is 0 Å². The normalized spacial score (nSPS) is 10.8. The summed E-state index contributed by atoms with van der Waals surface area (Å²) >= 11 is 1.56. The van der Waals surface area contributed by atoms with Crippen LogP contribution in [0.4, 0.5) is 4.39 Å². The maximum absolute atomic E-state index is 13.3. The van der Waals surface area contributed by atoms with E-state index in [1.165, 1.54) is 6.07 Å². The maximum Gasteiger partial charge on any atom is 0.136 e. The summed E-state index contributed by atoms with van der Waals surface area (Å²) in [5, 5.41) is 3.35. The first-order valence-electron chi connectivity index (χ1n) is 6.50. The van der Waals surface area contributed by atoms with Crippen LogP contribution < -0.4 is 5.32 Å². The molecule has 0 aliphatic rings. The molecule has 0 saturated heterocycles. The lowest BCUT2D eigenvalue weighted by Crippen LogP contribution is -2.18. The lowest BCUT2D eigenvalue weighted by Gasteiger charge is -2.05. The highest BCUT2D eigenvalue weighted by molar-refractivity contribution is 7.99. The Morgan fingerprint density at radius 2 is 2.06 bits per heavy atom. The molecular weight excluding hydrogens is 249 g/mol. The van der Waals surface area contributed by atoms with Gasteiger partial charge < -0.3 is 10.1 Å². The van der Waals surface area contributed by atoms with Crippen molar-refractivity contribution in [1.29, 1.82) is 0 Å². The van der Waals surface area contributed by atoms with Crippen LogP contribution in [-0.4, -0.2) is 32.1 Å². The second-order valence-corrected chi connectivity index (χ2v) is 5.07. The van der Waals surface area contributed by atoms with Crippen molar-refractivity contribution in [2.24, 2.45) is 0 Å². The predicted molar refractivity (Wildman–Crippen MR) is 75.7 cm³/mol. The molecule has 0 unspecified atom stereocenters. The Morgan fingerprint density at radius 3 is 2.83 bits per heavy atom. The average Bonchev–Trinajstić information content (AvgIpc) is 2.39. The van der Waals surface area contributed by atoms with Gasteiger partial charge in [-0.25, -0.2) is 4.39 Å². The van der Waals surface area contributed by atoms with Gasteiger partial charge in [0.25, 0.3) is 0 Å². The van der Waals surface area contributed by atoms with Crippen LogP contribution in [0.25, 0.3) is 0 Å². The largest absolute Gasteiger partial charge is 0.382 e. The van der Waals surface area contributed by atoms with E-state index in [1.807, 2.05) is 19.1 Å². The molecule has 0 heterocycles. The summed E-state index contributed by atoms with van der Waals surface area (Å²) in [6, 6.07) is 6.91. The zero-order valence-electron chi connectivity index (χ0n) is 11.0. The molecule has 102 valence electrons. The standard InChI is InChI=1S/C14H22FNOS/c1-2-17-11-6-5-9-16-10-12-18-14-8-4-3-7-13(14)15/h3-4,7-8,16H,2,5-6,9-12H2,1H3. The molecule has 1 N–H and O–H groups in total. The van der Waals surface area contributed by atoms with Crippen LogP contribution in [0.5, 0.6) is 0 Å². The fraction of sp³-hybridized carbons (Fsp3) is 0.571. The van der Waals surface area contributed by atoms with Crippen LogP contribution in [0.3, 0.4) is 0 Å². The average molecular weight is 271 g/mol. The van der Waals surface area contributed by atoms with Crippen molar-refractivity contribution in [1.82, 2.24) is 5.32 Å². The van der Waals surface area contributed by atoms with Crippen LogP contribution in [0.1, 0.15) is 19.8 Å². The molecule has 0 aliphatic carbocycles. The Kier molecular flexibility index (Phi) is 8.90. The molecule has 0 amide bonds. The van der Waals surface area contributed by atoms with Crippen molar-refractivity contribution >= 4 is 11.8 Å². The van der Waals surface area contributed by atoms with Crippen LogP contribution in [0.15, 0.2) is 29.2 Å². The van der Waals surface area contributed by atoms with Crippen LogP contribution in [0.2, 0.25) is 0 Å². The van der Waals surface area contributed by atoms with Crippen molar-refractivity contribution in [3.05, 3.63) is 30.1 Å². The van der Waals surface area contributed by atoms with E-state index in [2.05, 4.69) is 5.32 Å². The first-order chi connectivity index (χ1) is 8.84. The third kappa shape index (κ3) is 6.99. The Balaban J connectivity index is 1.94. The zero-order valence-corrected chi connectivity index (χ0v) is 11.8. The molecule has 0 fully saturated rings. The molecule has 0 atom stereocenters. The van der Waals surface area contributed by atoms with Crippen molar-refractivity contribution in [2.75, 3.05) is 32.1 Å². The quantitative estimate of drug-likeness (QED) is 0.521. The molecule has 4 heteroatoms. The summed E-state index contributed by atoms with van der Waals surface area (Å²) in [5.41, 5.74) is 0. The first-order valence-corrected chi connectivity index (χ1v) is 7.49. The molecule has 0 radical (unpaired) electrons. The molecule has 0 bridgehead atoms. The summed E-state index contributed by atoms with van der Waals surface area (Å²) in [6.07, 6.45) is 2.23.